The molecule has 6 nitrogen and oxygen atoms in total. The van der Waals surface area contributed by atoms with Crippen LogP contribution in [0.15, 0.2) is 16.0 Å². The van der Waals surface area contributed by atoms with Crippen LogP contribution in [0.25, 0.3) is 0 Å². The summed E-state index contributed by atoms with van der Waals surface area (Å²) in [6, 6.07) is 1.24. The fourth-order valence-electron chi connectivity index (χ4n) is 1.21. The van der Waals surface area contributed by atoms with Gasteiger partial charge in [0, 0.05) is 11.5 Å². The first-order valence-corrected chi connectivity index (χ1v) is 7.04. The van der Waals surface area contributed by atoms with Gasteiger partial charge in [-0.15, -0.1) is 0 Å². The molecule has 0 aromatic carbocycles. The minimum Gasteiger partial charge on any atom is -0.469 e. The van der Waals surface area contributed by atoms with Crippen molar-refractivity contribution in [1.29, 1.82) is 0 Å². The maximum atomic E-state index is 11.8. The van der Waals surface area contributed by atoms with Gasteiger partial charge in [0.2, 0.25) is 0 Å². The van der Waals surface area contributed by atoms with Crippen LogP contribution in [0.1, 0.15) is 26.5 Å². The van der Waals surface area contributed by atoms with Crippen LogP contribution < -0.4 is 5.56 Å². The summed E-state index contributed by atoms with van der Waals surface area (Å²) in [5.74, 6) is -0.193. The molecule has 0 aliphatic carbocycles. The van der Waals surface area contributed by atoms with E-state index in [0.717, 1.165) is 11.8 Å². The number of H-pyrrole nitrogens is 1. The predicted molar refractivity (Wildman–Crippen MR) is 75.8 cm³/mol. The second kappa shape index (κ2) is 6.69. The van der Waals surface area contributed by atoms with Crippen molar-refractivity contribution in [3.05, 3.63) is 22.1 Å². The average Bonchev–Trinajstić information content (AvgIpc) is 2.33. The van der Waals surface area contributed by atoms with Gasteiger partial charge in [-0.1, -0.05) is 32.5 Å². The number of nitrogens with zero attached hydrogens (tertiary/aromatic N) is 1. The van der Waals surface area contributed by atoms with E-state index in [9.17, 15) is 14.4 Å². The number of esters is 1. The molecule has 1 N–H and O–H groups in total. The maximum Gasteiger partial charge on any atom is 0.311 e. The van der Waals surface area contributed by atoms with Crippen molar-refractivity contribution in [2.24, 2.45) is 5.41 Å². The Bertz CT molecular complexity index is 560. The lowest BCUT2D eigenvalue weighted by molar-refractivity contribution is -0.139. The minimum atomic E-state index is -0.468. The van der Waals surface area contributed by atoms with E-state index in [2.05, 4.69) is 14.7 Å². The molecule has 0 amide bonds. The topological polar surface area (TPSA) is 89.1 Å². The Morgan fingerprint density at radius 1 is 1.40 bits per heavy atom. The molecule has 1 heterocycles. The number of nitrogens with one attached hydrogen (secondary N) is 1. The summed E-state index contributed by atoms with van der Waals surface area (Å²) >= 11 is 1.15. The quantitative estimate of drug-likeness (QED) is 0.499. The van der Waals surface area contributed by atoms with Gasteiger partial charge in [-0.05, 0) is 0 Å². The molecule has 0 bridgehead atoms. The zero-order valence-electron chi connectivity index (χ0n) is 12.0. The van der Waals surface area contributed by atoms with Gasteiger partial charge in [-0.25, -0.2) is 4.98 Å². The van der Waals surface area contributed by atoms with E-state index in [4.69, 9.17) is 0 Å². The van der Waals surface area contributed by atoms with Crippen LogP contribution in [-0.4, -0.2) is 34.6 Å². The summed E-state index contributed by atoms with van der Waals surface area (Å²) in [5.41, 5.74) is -0.465. The number of thioether (sulfide) groups is 1. The molecule has 0 saturated carbocycles. The van der Waals surface area contributed by atoms with Gasteiger partial charge in [0.25, 0.3) is 5.56 Å². The van der Waals surface area contributed by atoms with Gasteiger partial charge < -0.3 is 9.72 Å². The number of hydrogen-bond acceptors (Lipinski definition) is 6. The molecule has 7 heteroatoms. The van der Waals surface area contributed by atoms with Crippen molar-refractivity contribution in [2.45, 2.75) is 32.3 Å². The standard InChI is InChI=1S/C13H18N2O4S/c1-13(2,3)9(16)7-20-12-14-8(5-10(17)15-12)6-11(18)19-4/h5H,6-7H2,1-4H3,(H,14,15,17). The smallest absolute Gasteiger partial charge is 0.311 e. The Morgan fingerprint density at radius 3 is 2.60 bits per heavy atom. The largest absolute Gasteiger partial charge is 0.469 e. The molecule has 110 valence electrons. The highest BCUT2D eigenvalue weighted by molar-refractivity contribution is 7.99. The first kappa shape index (κ1) is 16.4. The third-order valence-electron chi connectivity index (χ3n) is 2.50. The van der Waals surface area contributed by atoms with Crippen LogP contribution in [0.4, 0.5) is 0 Å². The van der Waals surface area contributed by atoms with Crippen molar-refractivity contribution in [2.75, 3.05) is 12.9 Å². The molecule has 1 rings (SSSR count). The Balaban J connectivity index is 2.79. The Morgan fingerprint density at radius 2 is 2.05 bits per heavy atom. The van der Waals surface area contributed by atoms with E-state index in [1.165, 1.54) is 13.2 Å². The van der Waals surface area contributed by atoms with Crippen molar-refractivity contribution >= 4 is 23.5 Å². The summed E-state index contributed by atoms with van der Waals surface area (Å²) in [6.45, 7) is 5.50. The number of aromatic nitrogens is 2. The van der Waals surface area contributed by atoms with Crippen molar-refractivity contribution in [3.8, 4) is 0 Å². The molecule has 0 saturated heterocycles. The lowest BCUT2D eigenvalue weighted by atomic mass is 9.92. The number of Topliss-reactive ketones (excluding diaryl/α,β-unsaturated/α-hetero) is 1. The van der Waals surface area contributed by atoms with Crippen LogP contribution >= 0.6 is 11.8 Å². The Hall–Kier alpha value is -1.63. The average molecular weight is 298 g/mol. The monoisotopic (exact) mass is 298 g/mol. The third kappa shape index (κ3) is 5.16. The lowest BCUT2D eigenvalue weighted by Gasteiger charge is -2.15. The summed E-state index contributed by atoms with van der Waals surface area (Å²) in [5, 5.41) is 0.328. The van der Waals surface area contributed by atoms with E-state index in [0.29, 0.717) is 10.9 Å². The first-order valence-electron chi connectivity index (χ1n) is 6.05. The summed E-state index contributed by atoms with van der Waals surface area (Å²) in [4.78, 5) is 41.1. The Kier molecular flexibility index (Phi) is 5.50. The SMILES string of the molecule is COC(=O)Cc1cc(=O)[nH]c(SCC(=O)C(C)(C)C)n1. The predicted octanol–water partition coefficient (Wildman–Crippen LogP) is 1.19. The highest BCUT2D eigenvalue weighted by Gasteiger charge is 2.21. The van der Waals surface area contributed by atoms with E-state index < -0.39 is 11.4 Å². The fraction of sp³-hybridized carbons (Fsp3) is 0.538. The molecule has 0 aliphatic heterocycles. The zero-order chi connectivity index (χ0) is 15.3. The van der Waals surface area contributed by atoms with E-state index in [1.54, 1.807) is 0 Å². The Labute approximate surface area is 121 Å². The lowest BCUT2D eigenvalue weighted by Crippen LogP contribution is -2.22. The molecule has 0 radical (unpaired) electrons. The van der Waals surface area contributed by atoms with Gasteiger partial charge in [-0.3, -0.25) is 14.4 Å². The highest BCUT2D eigenvalue weighted by Crippen LogP contribution is 2.20. The molecule has 0 atom stereocenters. The van der Waals surface area contributed by atoms with Crippen molar-refractivity contribution < 1.29 is 14.3 Å². The number of carbonyl (C=O) groups is 2. The minimum absolute atomic E-state index is 0.0588. The van der Waals surface area contributed by atoms with Crippen LogP contribution in [-0.2, 0) is 20.7 Å². The second-order valence-corrected chi connectivity index (χ2v) is 6.22. The fourth-order valence-corrected chi connectivity index (χ4v) is 2.27. The van der Waals surface area contributed by atoms with Crippen molar-refractivity contribution in [1.82, 2.24) is 9.97 Å². The van der Waals surface area contributed by atoms with E-state index >= 15 is 0 Å². The molecular weight excluding hydrogens is 280 g/mol. The maximum absolute atomic E-state index is 11.8. The highest BCUT2D eigenvalue weighted by atomic mass is 32.2. The number of hydrogen-bond donors (Lipinski definition) is 1. The summed E-state index contributed by atoms with van der Waals surface area (Å²) in [7, 11) is 1.27. The molecule has 0 aliphatic rings. The molecular formula is C13H18N2O4S. The summed E-state index contributed by atoms with van der Waals surface area (Å²) < 4.78 is 4.52. The molecule has 20 heavy (non-hydrogen) atoms. The van der Waals surface area contributed by atoms with Gasteiger partial charge in [0.05, 0.1) is 25.0 Å². The number of ketones is 1. The van der Waals surface area contributed by atoms with Crippen LogP contribution in [0.3, 0.4) is 0 Å². The number of carbonyl (C=O) groups excluding carboxylic acids is 2. The normalized spacial score (nSPS) is 11.2. The second-order valence-electron chi connectivity index (χ2n) is 5.26. The van der Waals surface area contributed by atoms with Gasteiger partial charge in [-0.2, -0.15) is 0 Å². The number of aromatic amines is 1. The van der Waals surface area contributed by atoms with Crippen LogP contribution in [0.5, 0.6) is 0 Å². The first-order chi connectivity index (χ1) is 9.22. The molecule has 1 aromatic rings. The van der Waals surface area contributed by atoms with Crippen LogP contribution in [0.2, 0.25) is 0 Å². The summed E-state index contributed by atoms with van der Waals surface area (Å²) in [6.07, 6.45) is -0.0683. The third-order valence-corrected chi connectivity index (χ3v) is 3.38. The van der Waals surface area contributed by atoms with E-state index in [1.807, 2.05) is 20.8 Å². The van der Waals surface area contributed by atoms with E-state index in [-0.39, 0.29) is 23.5 Å². The van der Waals surface area contributed by atoms with Gasteiger partial charge in [0.1, 0.15) is 5.78 Å². The number of ether oxygens (including phenoxy) is 1. The number of methoxy groups -OCH3 is 1. The van der Waals surface area contributed by atoms with Crippen molar-refractivity contribution in [3.63, 3.8) is 0 Å². The van der Waals surface area contributed by atoms with Gasteiger partial charge in [0.15, 0.2) is 5.16 Å². The molecule has 0 unspecified atom stereocenters. The zero-order valence-corrected chi connectivity index (χ0v) is 12.8. The number of rotatable bonds is 5. The molecule has 1 aromatic heterocycles. The van der Waals surface area contributed by atoms with Crippen LogP contribution in [0, 0.1) is 5.41 Å². The molecule has 0 fully saturated rings. The molecule has 0 spiro atoms. The van der Waals surface area contributed by atoms with Gasteiger partial charge >= 0.3 is 5.97 Å².